The number of nitrogens with zero attached hydrogens (tertiary/aromatic N) is 2. The van der Waals surface area contributed by atoms with Gasteiger partial charge in [-0.05, 0) is 44.7 Å². The molecular weight excluding hydrogens is 212 g/mol. The summed E-state index contributed by atoms with van der Waals surface area (Å²) >= 11 is 0. The number of hydrogen-bond acceptors (Lipinski definition) is 2. The van der Waals surface area contributed by atoms with Crippen molar-refractivity contribution < 1.29 is 5.11 Å². The van der Waals surface area contributed by atoms with Gasteiger partial charge in [0.25, 0.3) is 0 Å². The minimum atomic E-state index is -0.355. The van der Waals surface area contributed by atoms with E-state index in [2.05, 4.69) is 10.6 Å². The normalized spacial score (nSPS) is 13.4. The molecule has 1 heterocycles. The number of hydrogen-bond donors (Lipinski definition) is 1. The van der Waals surface area contributed by atoms with Crippen molar-refractivity contribution in [3.63, 3.8) is 0 Å². The van der Waals surface area contributed by atoms with Gasteiger partial charge in [-0.3, -0.25) is 0 Å². The van der Waals surface area contributed by atoms with Gasteiger partial charge in [-0.1, -0.05) is 6.92 Å². The van der Waals surface area contributed by atoms with Gasteiger partial charge in [-0.25, -0.2) is 0 Å². The van der Waals surface area contributed by atoms with Crippen LogP contribution in [-0.2, 0) is 6.54 Å². The standard InChI is InChI=1S/C14H22N2O/c1-4-13(17)12-6-9-16(10-12)8-5-7-14(2,3)11-15/h6,9-10,13,17H,4-5,7-8H2,1-3H3. The Morgan fingerprint density at radius 1 is 1.53 bits per heavy atom. The highest BCUT2D eigenvalue weighted by atomic mass is 16.3. The van der Waals surface area contributed by atoms with Gasteiger partial charge in [0, 0.05) is 18.9 Å². The highest BCUT2D eigenvalue weighted by molar-refractivity contribution is 5.13. The maximum Gasteiger partial charge on any atom is 0.0802 e. The maximum atomic E-state index is 9.68. The lowest BCUT2D eigenvalue weighted by Crippen LogP contribution is -2.09. The summed E-state index contributed by atoms with van der Waals surface area (Å²) < 4.78 is 2.08. The zero-order chi connectivity index (χ0) is 12.9. The lowest BCUT2D eigenvalue weighted by molar-refractivity contribution is 0.173. The first kappa shape index (κ1) is 13.8. The Morgan fingerprint density at radius 2 is 2.24 bits per heavy atom. The average molecular weight is 234 g/mol. The summed E-state index contributed by atoms with van der Waals surface area (Å²) in [4.78, 5) is 0. The molecule has 0 aliphatic carbocycles. The van der Waals surface area contributed by atoms with E-state index in [1.54, 1.807) is 0 Å². The summed E-state index contributed by atoms with van der Waals surface area (Å²) in [5.41, 5.74) is 0.742. The van der Waals surface area contributed by atoms with Crippen LogP contribution in [0.1, 0.15) is 51.7 Å². The summed E-state index contributed by atoms with van der Waals surface area (Å²) in [6.45, 7) is 6.81. The molecule has 1 aromatic rings. The molecule has 1 unspecified atom stereocenters. The molecule has 0 aromatic carbocycles. The van der Waals surface area contributed by atoms with Crippen LogP contribution in [-0.4, -0.2) is 9.67 Å². The molecule has 94 valence electrons. The summed E-state index contributed by atoms with van der Waals surface area (Å²) in [6.07, 6.45) is 6.25. The zero-order valence-corrected chi connectivity index (χ0v) is 11.0. The van der Waals surface area contributed by atoms with E-state index < -0.39 is 0 Å². The predicted molar refractivity (Wildman–Crippen MR) is 68.3 cm³/mol. The number of rotatable bonds is 6. The van der Waals surface area contributed by atoms with E-state index in [1.165, 1.54) is 0 Å². The molecule has 1 atom stereocenters. The van der Waals surface area contributed by atoms with E-state index in [4.69, 9.17) is 5.26 Å². The van der Waals surface area contributed by atoms with Crippen LogP contribution in [0.15, 0.2) is 18.5 Å². The van der Waals surface area contributed by atoms with Gasteiger partial charge in [-0.2, -0.15) is 5.26 Å². The molecule has 0 radical (unpaired) electrons. The first-order valence-electron chi connectivity index (χ1n) is 6.23. The molecule has 1 aromatic heterocycles. The molecule has 0 fully saturated rings. The van der Waals surface area contributed by atoms with Crippen LogP contribution >= 0.6 is 0 Å². The van der Waals surface area contributed by atoms with E-state index in [0.717, 1.165) is 31.4 Å². The third-order valence-corrected chi connectivity index (χ3v) is 3.07. The summed E-state index contributed by atoms with van der Waals surface area (Å²) in [5.74, 6) is 0. The van der Waals surface area contributed by atoms with Crippen molar-refractivity contribution in [3.8, 4) is 6.07 Å². The lowest BCUT2D eigenvalue weighted by Gasteiger charge is -2.14. The fraction of sp³-hybridized carbons (Fsp3) is 0.643. The van der Waals surface area contributed by atoms with E-state index in [9.17, 15) is 5.11 Å². The maximum absolute atomic E-state index is 9.68. The van der Waals surface area contributed by atoms with Crippen molar-refractivity contribution in [2.24, 2.45) is 5.41 Å². The predicted octanol–water partition coefficient (Wildman–Crippen LogP) is 3.26. The molecular formula is C14H22N2O. The Bertz CT molecular complexity index is 387. The van der Waals surface area contributed by atoms with Crippen LogP contribution < -0.4 is 0 Å². The number of aromatic nitrogens is 1. The number of aliphatic hydroxyl groups excluding tert-OH is 1. The van der Waals surface area contributed by atoms with E-state index in [0.29, 0.717) is 0 Å². The summed E-state index contributed by atoms with van der Waals surface area (Å²) in [5, 5.41) is 18.6. The van der Waals surface area contributed by atoms with Crippen LogP contribution in [0, 0.1) is 16.7 Å². The van der Waals surface area contributed by atoms with Gasteiger partial charge < -0.3 is 9.67 Å². The first-order chi connectivity index (χ1) is 7.98. The third kappa shape index (κ3) is 4.24. The second kappa shape index (κ2) is 5.88. The van der Waals surface area contributed by atoms with Gasteiger partial charge in [0.05, 0.1) is 17.6 Å². The Morgan fingerprint density at radius 3 is 2.82 bits per heavy atom. The van der Waals surface area contributed by atoms with E-state index >= 15 is 0 Å². The molecule has 1 N–H and O–H groups in total. The van der Waals surface area contributed by atoms with E-state index in [1.807, 2.05) is 39.2 Å². The average Bonchev–Trinajstić information content (AvgIpc) is 2.76. The van der Waals surface area contributed by atoms with Gasteiger partial charge in [0.2, 0.25) is 0 Å². The van der Waals surface area contributed by atoms with Crippen LogP contribution in [0.5, 0.6) is 0 Å². The molecule has 0 saturated heterocycles. The van der Waals surface area contributed by atoms with Crippen LogP contribution in [0.2, 0.25) is 0 Å². The van der Waals surface area contributed by atoms with Crippen LogP contribution in [0.4, 0.5) is 0 Å². The monoisotopic (exact) mass is 234 g/mol. The van der Waals surface area contributed by atoms with Crippen molar-refractivity contribution in [2.45, 2.75) is 52.7 Å². The Kier molecular flexibility index (Phi) is 4.77. The molecule has 1 rings (SSSR count). The molecule has 17 heavy (non-hydrogen) atoms. The summed E-state index contributed by atoms with van der Waals surface area (Å²) in [7, 11) is 0. The first-order valence-corrected chi connectivity index (χ1v) is 6.23. The van der Waals surface area contributed by atoms with Crippen molar-refractivity contribution in [3.05, 3.63) is 24.0 Å². The van der Waals surface area contributed by atoms with Crippen LogP contribution in [0.25, 0.3) is 0 Å². The highest BCUT2D eigenvalue weighted by Crippen LogP contribution is 2.22. The minimum absolute atomic E-state index is 0.237. The van der Waals surface area contributed by atoms with E-state index in [-0.39, 0.29) is 11.5 Å². The Balaban J connectivity index is 2.43. The van der Waals surface area contributed by atoms with Gasteiger partial charge in [0.15, 0.2) is 0 Å². The van der Waals surface area contributed by atoms with Crippen molar-refractivity contribution in [2.75, 3.05) is 0 Å². The van der Waals surface area contributed by atoms with Crippen molar-refractivity contribution in [1.82, 2.24) is 4.57 Å². The lowest BCUT2D eigenvalue weighted by atomic mass is 9.90. The quantitative estimate of drug-likeness (QED) is 0.821. The minimum Gasteiger partial charge on any atom is -0.388 e. The fourth-order valence-electron chi connectivity index (χ4n) is 1.79. The molecule has 0 spiro atoms. The van der Waals surface area contributed by atoms with Crippen molar-refractivity contribution in [1.29, 1.82) is 5.26 Å². The molecule has 0 bridgehead atoms. The molecule has 0 aliphatic heterocycles. The smallest absolute Gasteiger partial charge is 0.0802 e. The molecule has 3 heteroatoms. The number of aryl methyl sites for hydroxylation is 1. The molecule has 3 nitrogen and oxygen atoms in total. The molecule has 0 amide bonds. The second-order valence-electron chi connectivity index (χ2n) is 5.21. The third-order valence-electron chi connectivity index (χ3n) is 3.07. The fourth-order valence-corrected chi connectivity index (χ4v) is 1.79. The van der Waals surface area contributed by atoms with Gasteiger partial charge >= 0.3 is 0 Å². The topological polar surface area (TPSA) is 49.0 Å². The summed E-state index contributed by atoms with van der Waals surface area (Å²) in [6, 6.07) is 4.27. The molecule has 0 aliphatic rings. The number of nitriles is 1. The zero-order valence-electron chi connectivity index (χ0n) is 11.0. The Hall–Kier alpha value is -1.27. The highest BCUT2D eigenvalue weighted by Gasteiger charge is 2.15. The SMILES string of the molecule is CCC(O)c1ccn(CCCC(C)(C)C#N)c1. The largest absolute Gasteiger partial charge is 0.388 e. The van der Waals surface area contributed by atoms with Gasteiger partial charge in [0.1, 0.15) is 0 Å². The van der Waals surface area contributed by atoms with Gasteiger partial charge in [-0.15, -0.1) is 0 Å². The Labute approximate surface area is 104 Å². The number of aliphatic hydroxyl groups is 1. The van der Waals surface area contributed by atoms with Crippen LogP contribution in [0.3, 0.4) is 0 Å². The second-order valence-corrected chi connectivity index (χ2v) is 5.21. The van der Waals surface area contributed by atoms with Crippen molar-refractivity contribution >= 4 is 0 Å². The molecule has 0 saturated carbocycles.